The Morgan fingerprint density at radius 3 is 2.79 bits per heavy atom. The number of rotatable bonds is 9. The van der Waals surface area contributed by atoms with E-state index in [1.807, 2.05) is 41.1 Å². The summed E-state index contributed by atoms with van der Waals surface area (Å²) in [6.07, 6.45) is 1.74. The van der Waals surface area contributed by atoms with E-state index in [0.29, 0.717) is 25.6 Å². The molecular formula is C22H24N2O2S2. The molecule has 0 fully saturated rings. The summed E-state index contributed by atoms with van der Waals surface area (Å²) >= 11 is 3.00. The summed E-state index contributed by atoms with van der Waals surface area (Å²) < 4.78 is 6.01. The molecule has 0 radical (unpaired) electrons. The Bertz CT molecular complexity index is 916. The minimum atomic E-state index is 0.00607. The van der Waals surface area contributed by atoms with Crippen LogP contribution in [-0.4, -0.2) is 22.3 Å². The molecule has 0 aliphatic carbocycles. The third-order valence-corrected chi connectivity index (χ3v) is 5.94. The van der Waals surface area contributed by atoms with Crippen molar-refractivity contribution in [2.24, 2.45) is 0 Å². The van der Waals surface area contributed by atoms with Crippen molar-refractivity contribution in [2.45, 2.75) is 32.9 Å². The average molecular weight is 413 g/mol. The topological polar surface area (TPSA) is 42.4 Å². The predicted molar refractivity (Wildman–Crippen MR) is 116 cm³/mol. The zero-order chi connectivity index (χ0) is 19.9. The van der Waals surface area contributed by atoms with Gasteiger partial charge < -0.3 is 9.64 Å². The molecule has 0 unspecified atom stereocenters. The molecule has 0 atom stereocenters. The lowest BCUT2D eigenvalue weighted by molar-refractivity contribution is 0.0766. The van der Waals surface area contributed by atoms with E-state index in [0.717, 1.165) is 21.3 Å². The minimum Gasteiger partial charge on any atom is -0.486 e. The first-order valence-electron chi connectivity index (χ1n) is 9.17. The molecule has 4 nitrogen and oxygen atoms in total. The number of hydrogen-bond acceptors (Lipinski definition) is 5. The second kappa shape index (κ2) is 9.66. The maximum Gasteiger partial charge on any atom is 0.264 e. The number of thiophene rings is 1. The molecule has 6 heteroatoms. The fourth-order valence-electron chi connectivity index (χ4n) is 2.84. The van der Waals surface area contributed by atoms with Crippen molar-refractivity contribution in [3.8, 4) is 5.75 Å². The van der Waals surface area contributed by atoms with Crippen LogP contribution in [0.4, 0.5) is 0 Å². The predicted octanol–water partition coefficient (Wildman–Crippen LogP) is 5.74. The Morgan fingerprint density at radius 2 is 2.07 bits per heavy atom. The lowest BCUT2D eigenvalue weighted by Crippen LogP contribution is -2.30. The standard InChI is InChI=1S/C22H24N2O2S2/c1-4-11-24(22(25)20-10-7-12-27-20)13-17-15-28-21(23-17)14-26-19-9-6-5-8-18(19)16(2)3/h4-10,12,15-16H,1,11,13-14H2,2-3H3. The van der Waals surface area contributed by atoms with Crippen molar-refractivity contribution in [3.05, 3.63) is 81.0 Å². The first-order chi connectivity index (χ1) is 13.6. The summed E-state index contributed by atoms with van der Waals surface area (Å²) in [5.41, 5.74) is 2.06. The van der Waals surface area contributed by atoms with Crippen LogP contribution in [0.3, 0.4) is 0 Å². The molecule has 0 spiro atoms. The molecule has 0 N–H and O–H groups in total. The second-order valence-corrected chi connectivity index (χ2v) is 8.56. The minimum absolute atomic E-state index is 0.00607. The molecule has 146 valence electrons. The van der Waals surface area contributed by atoms with Gasteiger partial charge in [-0.3, -0.25) is 4.79 Å². The normalized spacial score (nSPS) is 10.8. The number of hydrogen-bond donors (Lipinski definition) is 0. The van der Waals surface area contributed by atoms with Crippen molar-refractivity contribution in [3.63, 3.8) is 0 Å². The number of para-hydroxylation sites is 1. The largest absolute Gasteiger partial charge is 0.486 e. The Morgan fingerprint density at radius 1 is 1.25 bits per heavy atom. The fraction of sp³-hybridized carbons (Fsp3) is 0.273. The van der Waals surface area contributed by atoms with E-state index in [1.165, 1.54) is 16.9 Å². The van der Waals surface area contributed by atoms with Gasteiger partial charge in [0, 0.05) is 11.9 Å². The van der Waals surface area contributed by atoms with Crippen LogP contribution in [0.2, 0.25) is 0 Å². The molecule has 2 heterocycles. The zero-order valence-electron chi connectivity index (χ0n) is 16.1. The van der Waals surface area contributed by atoms with E-state index in [-0.39, 0.29) is 5.91 Å². The first kappa shape index (κ1) is 20.3. The molecule has 3 aromatic rings. The molecule has 0 saturated heterocycles. The SMILES string of the molecule is C=CCN(Cc1csc(COc2ccccc2C(C)C)n1)C(=O)c1cccs1. The summed E-state index contributed by atoms with van der Waals surface area (Å²) in [7, 11) is 0. The van der Waals surface area contributed by atoms with Crippen molar-refractivity contribution < 1.29 is 9.53 Å². The zero-order valence-corrected chi connectivity index (χ0v) is 17.8. The van der Waals surface area contributed by atoms with Gasteiger partial charge in [0.2, 0.25) is 0 Å². The van der Waals surface area contributed by atoms with E-state index >= 15 is 0 Å². The van der Waals surface area contributed by atoms with Gasteiger partial charge in [-0.2, -0.15) is 0 Å². The van der Waals surface area contributed by atoms with E-state index in [4.69, 9.17) is 4.74 Å². The number of aromatic nitrogens is 1. The van der Waals surface area contributed by atoms with Gasteiger partial charge in [0.05, 0.1) is 17.1 Å². The molecule has 28 heavy (non-hydrogen) atoms. The molecule has 1 aromatic carbocycles. The van der Waals surface area contributed by atoms with E-state index in [9.17, 15) is 4.79 Å². The number of benzene rings is 1. The third-order valence-electron chi connectivity index (χ3n) is 4.21. The summed E-state index contributed by atoms with van der Waals surface area (Å²) in [6, 6.07) is 11.8. The lowest BCUT2D eigenvalue weighted by atomic mass is 10.0. The molecule has 1 amide bonds. The van der Waals surface area contributed by atoms with Gasteiger partial charge in [-0.25, -0.2) is 4.98 Å². The van der Waals surface area contributed by atoms with Gasteiger partial charge >= 0.3 is 0 Å². The van der Waals surface area contributed by atoms with E-state index < -0.39 is 0 Å². The number of amides is 1. The van der Waals surface area contributed by atoms with Gasteiger partial charge in [0.25, 0.3) is 5.91 Å². The van der Waals surface area contributed by atoms with Gasteiger partial charge in [-0.1, -0.05) is 44.2 Å². The number of carbonyl (C=O) groups is 1. The van der Waals surface area contributed by atoms with Crippen LogP contribution in [0.5, 0.6) is 5.75 Å². The summed E-state index contributed by atoms with van der Waals surface area (Å²) in [5.74, 6) is 1.31. The number of thiazole rings is 1. The highest BCUT2D eigenvalue weighted by Crippen LogP contribution is 2.27. The summed E-state index contributed by atoms with van der Waals surface area (Å²) in [5, 5.41) is 4.80. The van der Waals surface area contributed by atoms with Crippen LogP contribution in [0.25, 0.3) is 0 Å². The van der Waals surface area contributed by atoms with Gasteiger partial charge in [-0.15, -0.1) is 29.3 Å². The fourth-order valence-corrected chi connectivity index (χ4v) is 4.23. The van der Waals surface area contributed by atoms with Gasteiger partial charge in [0.15, 0.2) is 0 Å². The highest BCUT2D eigenvalue weighted by molar-refractivity contribution is 7.12. The van der Waals surface area contributed by atoms with Crippen molar-refractivity contribution in [1.82, 2.24) is 9.88 Å². The average Bonchev–Trinajstić information content (AvgIpc) is 3.38. The number of ether oxygens (including phenoxy) is 1. The van der Waals surface area contributed by atoms with Crippen LogP contribution in [0.15, 0.2) is 59.8 Å². The maximum atomic E-state index is 12.7. The quantitative estimate of drug-likeness (QED) is 0.421. The Labute approximate surface area is 174 Å². The van der Waals surface area contributed by atoms with Crippen LogP contribution < -0.4 is 4.74 Å². The van der Waals surface area contributed by atoms with Crippen LogP contribution in [0, 0.1) is 0 Å². The molecule has 3 rings (SSSR count). The summed E-state index contributed by atoms with van der Waals surface area (Å²) in [4.78, 5) is 19.8. The molecular weight excluding hydrogens is 388 g/mol. The molecule has 0 aliphatic rings. The van der Waals surface area contributed by atoms with Crippen LogP contribution in [0.1, 0.15) is 45.7 Å². The monoisotopic (exact) mass is 412 g/mol. The molecule has 0 saturated carbocycles. The number of nitrogens with zero attached hydrogens (tertiary/aromatic N) is 2. The van der Waals surface area contributed by atoms with Crippen molar-refractivity contribution in [1.29, 1.82) is 0 Å². The van der Waals surface area contributed by atoms with Crippen molar-refractivity contribution >= 4 is 28.6 Å². The Balaban J connectivity index is 1.64. The highest BCUT2D eigenvalue weighted by Gasteiger charge is 2.17. The number of carbonyl (C=O) groups excluding carboxylic acids is 1. The van der Waals surface area contributed by atoms with Gasteiger partial charge in [0.1, 0.15) is 17.4 Å². The molecule has 2 aromatic heterocycles. The smallest absolute Gasteiger partial charge is 0.264 e. The highest BCUT2D eigenvalue weighted by atomic mass is 32.1. The summed E-state index contributed by atoms with van der Waals surface area (Å²) in [6.45, 7) is 9.45. The Kier molecular flexibility index (Phi) is 7.01. The maximum absolute atomic E-state index is 12.7. The Hall–Kier alpha value is -2.44. The van der Waals surface area contributed by atoms with E-state index in [2.05, 4.69) is 31.5 Å². The van der Waals surface area contributed by atoms with E-state index in [1.54, 1.807) is 22.3 Å². The molecule has 0 bridgehead atoms. The van der Waals surface area contributed by atoms with Crippen molar-refractivity contribution in [2.75, 3.05) is 6.54 Å². The van der Waals surface area contributed by atoms with Crippen LogP contribution in [-0.2, 0) is 13.2 Å². The lowest BCUT2D eigenvalue weighted by Gasteiger charge is -2.19. The third kappa shape index (κ3) is 5.09. The first-order valence-corrected chi connectivity index (χ1v) is 10.9. The van der Waals surface area contributed by atoms with Gasteiger partial charge in [-0.05, 0) is 29.0 Å². The second-order valence-electron chi connectivity index (χ2n) is 6.67. The molecule has 0 aliphatic heterocycles. The van der Waals surface area contributed by atoms with Crippen LogP contribution >= 0.6 is 22.7 Å².